The molecule has 0 spiro atoms. The Morgan fingerprint density at radius 2 is 1.77 bits per heavy atom. The Bertz CT molecular complexity index is 693. The van der Waals surface area contributed by atoms with Crippen LogP contribution < -0.4 is 5.32 Å². The molecule has 0 aromatic heterocycles. The summed E-state index contributed by atoms with van der Waals surface area (Å²) < 4.78 is 32.1. The van der Waals surface area contributed by atoms with Crippen LogP contribution in [-0.2, 0) is 19.6 Å². The second kappa shape index (κ2) is 8.97. The zero-order valence-corrected chi connectivity index (χ0v) is 16.9. The van der Waals surface area contributed by atoms with E-state index in [0.29, 0.717) is 43.4 Å². The first-order valence-electron chi connectivity index (χ1n) is 9.15. The van der Waals surface area contributed by atoms with Gasteiger partial charge in [0.1, 0.15) is 0 Å². The number of sulfonamides is 1. The summed E-state index contributed by atoms with van der Waals surface area (Å²) in [6.45, 7) is 7.24. The fourth-order valence-electron chi connectivity index (χ4n) is 3.18. The molecule has 1 aliphatic heterocycles. The van der Waals surface area contributed by atoms with E-state index < -0.39 is 10.0 Å². The number of methoxy groups -OCH3 is 1. The molecule has 26 heavy (non-hydrogen) atoms. The quantitative estimate of drug-likeness (QED) is 0.785. The van der Waals surface area contributed by atoms with E-state index in [2.05, 4.69) is 19.2 Å². The first kappa shape index (κ1) is 20.9. The summed E-state index contributed by atoms with van der Waals surface area (Å²) in [5.74, 6) is 0.193. The van der Waals surface area contributed by atoms with E-state index >= 15 is 0 Å². The third-order valence-corrected chi connectivity index (χ3v) is 6.73. The van der Waals surface area contributed by atoms with Crippen molar-refractivity contribution in [1.29, 1.82) is 0 Å². The monoisotopic (exact) mass is 382 g/mol. The molecule has 1 heterocycles. The average molecular weight is 383 g/mol. The average Bonchev–Trinajstić information content (AvgIpc) is 2.62. The van der Waals surface area contributed by atoms with Crippen LogP contribution in [0.25, 0.3) is 0 Å². The standard InChI is InChI=1S/C19H30N2O4S/c1-14(2)16-5-7-18(8-6-16)26(23,24)21-11-9-17(10-12-21)19(22)20-15(3)13-25-4/h5-8,14-15,17H,9-13H2,1-4H3,(H,20,22). The van der Waals surface area contributed by atoms with E-state index in [4.69, 9.17) is 4.74 Å². The normalized spacial score (nSPS) is 18.0. The summed E-state index contributed by atoms with van der Waals surface area (Å²) in [6, 6.07) is 7.05. The number of amides is 1. The highest BCUT2D eigenvalue weighted by molar-refractivity contribution is 7.89. The number of carbonyl (C=O) groups excluding carboxylic acids is 1. The van der Waals surface area contributed by atoms with Crippen LogP contribution in [0.5, 0.6) is 0 Å². The van der Waals surface area contributed by atoms with Crippen molar-refractivity contribution in [3.05, 3.63) is 29.8 Å². The van der Waals surface area contributed by atoms with Crippen molar-refractivity contribution >= 4 is 15.9 Å². The molecular weight excluding hydrogens is 352 g/mol. The fourth-order valence-corrected chi connectivity index (χ4v) is 4.65. The Morgan fingerprint density at radius 1 is 1.19 bits per heavy atom. The lowest BCUT2D eigenvalue weighted by molar-refractivity contribution is -0.127. The van der Waals surface area contributed by atoms with Gasteiger partial charge in [-0.25, -0.2) is 8.42 Å². The van der Waals surface area contributed by atoms with Crippen LogP contribution in [-0.4, -0.2) is 51.5 Å². The van der Waals surface area contributed by atoms with Crippen LogP contribution >= 0.6 is 0 Å². The lowest BCUT2D eigenvalue weighted by Gasteiger charge is -2.31. The van der Waals surface area contributed by atoms with Gasteiger partial charge in [-0.1, -0.05) is 26.0 Å². The minimum atomic E-state index is -3.50. The van der Waals surface area contributed by atoms with Gasteiger partial charge in [-0.15, -0.1) is 0 Å². The van der Waals surface area contributed by atoms with Gasteiger partial charge in [0, 0.05) is 32.2 Å². The SMILES string of the molecule is COCC(C)NC(=O)C1CCN(S(=O)(=O)c2ccc(C(C)C)cc2)CC1. The van der Waals surface area contributed by atoms with Gasteiger partial charge in [-0.3, -0.25) is 4.79 Å². The molecule has 7 heteroatoms. The molecule has 0 bridgehead atoms. The summed E-state index contributed by atoms with van der Waals surface area (Å²) in [5.41, 5.74) is 1.12. The Morgan fingerprint density at radius 3 is 2.27 bits per heavy atom. The summed E-state index contributed by atoms with van der Waals surface area (Å²) in [5, 5.41) is 2.92. The second-order valence-electron chi connectivity index (χ2n) is 7.27. The van der Waals surface area contributed by atoms with Gasteiger partial charge < -0.3 is 10.1 Å². The summed E-state index contributed by atoms with van der Waals surface area (Å²) in [7, 11) is -1.91. The highest BCUT2D eigenvalue weighted by atomic mass is 32.2. The highest BCUT2D eigenvalue weighted by Gasteiger charge is 2.32. The van der Waals surface area contributed by atoms with Gasteiger partial charge in [-0.2, -0.15) is 4.31 Å². The largest absolute Gasteiger partial charge is 0.383 e. The summed E-state index contributed by atoms with van der Waals surface area (Å²) in [4.78, 5) is 12.6. The van der Waals surface area contributed by atoms with Crippen LogP contribution in [0.2, 0.25) is 0 Å². The van der Waals surface area contributed by atoms with E-state index in [-0.39, 0.29) is 17.9 Å². The van der Waals surface area contributed by atoms with Crippen molar-refractivity contribution in [3.8, 4) is 0 Å². The molecule has 1 atom stereocenters. The number of carbonyl (C=O) groups is 1. The first-order chi connectivity index (χ1) is 12.3. The number of piperidine rings is 1. The molecule has 1 aromatic carbocycles. The molecule has 1 unspecified atom stereocenters. The van der Waals surface area contributed by atoms with E-state index in [1.165, 1.54) is 4.31 Å². The van der Waals surface area contributed by atoms with Crippen LogP contribution in [0.3, 0.4) is 0 Å². The predicted octanol–water partition coefficient (Wildman–Crippen LogP) is 2.36. The summed E-state index contributed by atoms with van der Waals surface area (Å²) >= 11 is 0. The number of benzene rings is 1. The molecule has 1 N–H and O–H groups in total. The number of hydrogen-bond donors (Lipinski definition) is 1. The molecule has 1 saturated heterocycles. The molecule has 1 aromatic rings. The van der Waals surface area contributed by atoms with Gasteiger partial charge in [0.15, 0.2) is 0 Å². The van der Waals surface area contributed by atoms with E-state index in [1.807, 2.05) is 19.1 Å². The van der Waals surface area contributed by atoms with Crippen LogP contribution in [0, 0.1) is 5.92 Å². The number of ether oxygens (including phenoxy) is 1. The topological polar surface area (TPSA) is 75.7 Å². The number of nitrogens with zero attached hydrogens (tertiary/aromatic N) is 1. The molecule has 6 nitrogen and oxygen atoms in total. The molecule has 0 aliphatic carbocycles. The Labute approximate surface area is 157 Å². The molecular formula is C19H30N2O4S. The lowest BCUT2D eigenvalue weighted by atomic mass is 9.97. The van der Waals surface area contributed by atoms with E-state index in [1.54, 1.807) is 19.2 Å². The van der Waals surface area contributed by atoms with Crippen molar-refractivity contribution in [2.45, 2.75) is 50.5 Å². The maximum Gasteiger partial charge on any atom is 0.243 e. The van der Waals surface area contributed by atoms with Gasteiger partial charge in [-0.05, 0) is 43.4 Å². The molecule has 1 amide bonds. The van der Waals surface area contributed by atoms with Gasteiger partial charge in [0.2, 0.25) is 15.9 Å². The maximum absolute atomic E-state index is 12.8. The lowest BCUT2D eigenvalue weighted by Crippen LogP contribution is -2.45. The Hall–Kier alpha value is -1.44. The minimum absolute atomic E-state index is 0.0205. The zero-order valence-electron chi connectivity index (χ0n) is 16.1. The third kappa shape index (κ3) is 5.05. The Kier molecular flexibility index (Phi) is 7.20. The van der Waals surface area contributed by atoms with Crippen molar-refractivity contribution in [2.75, 3.05) is 26.8 Å². The van der Waals surface area contributed by atoms with Crippen molar-refractivity contribution in [3.63, 3.8) is 0 Å². The third-order valence-electron chi connectivity index (χ3n) is 4.81. The minimum Gasteiger partial charge on any atom is -0.383 e. The van der Waals surface area contributed by atoms with Crippen LogP contribution in [0.15, 0.2) is 29.2 Å². The Balaban J connectivity index is 1.96. The predicted molar refractivity (Wildman–Crippen MR) is 101 cm³/mol. The number of hydrogen-bond acceptors (Lipinski definition) is 4. The second-order valence-corrected chi connectivity index (χ2v) is 9.21. The number of rotatable bonds is 7. The van der Waals surface area contributed by atoms with Crippen molar-refractivity contribution in [2.24, 2.45) is 5.92 Å². The van der Waals surface area contributed by atoms with Gasteiger partial charge in [0.25, 0.3) is 0 Å². The van der Waals surface area contributed by atoms with Crippen LogP contribution in [0.4, 0.5) is 0 Å². The fraction of sp³-hybridized carbons (Fsp3) is 0.632. The molecule has 0 saturated carbocycles. The van der Waals surface area contributed by atoms with E-state index in [0.717, 1.165) is 5.56 Å². The molecule has 1 aliphatic rings. The zero-order chi connectivity index (χ0) is 19.3. The smallest absolute Gasteiger partial charge is 0.243 e. The van der Waals surface area contributed by atoms with Gasteiger partial charge in [0.05, 0.1) is 11.5 Å². The van der Waals surface area contributed by atoms with Gasteiger partial charge >= 0.3 is 0 Å². The number of nitrogens with one attached hydrogen (secondary N) is 1. The molecule has 1 fully saturated rings. The van der Waals surface area contributed by atoms with Crippen molar-refractivity contribution in [1.82, 2.24) is 9.62 Å². The first-order valence-corrected chi connectivity index (χ1v) is 10.6. The summed E-state index contributed by atoms with van der Waals surface area (Å²) in [6.07, 6.45) is 1.07. The highest BCUT2D eigenvalue weighted by Crippen LogP contribution is 2.25. The van der Waals surface area contributed by atoms with Crippen LogP contribution in [0.1, 0.15) is 45.1 Å². The molecule has 0 radical (unpaired) electrons. The maximum atomic E-state index is 12.8. The van der Waals surface area contributed by atoms with E-state index in [9.17, 15) is 13.2 Å². The molecule has 2 rings (SSSR count). The molecule has 146 valence electrons. The van der Waals surface area contributed by atoms with Crippen molar-refractivity contribution < 1.29 is 17.9 Å².